The molecule has 4 rings (SSSR count). The molecule has 0 spiro atoms. The van der Waals surface area contributed by atoms with Crippen molar-refractivity contribution in [2.24, 2.45) is 7.05 Å². The summed E-state index contributed by atoms with van der Waals surface area (Å²) in [6.07, 6.45) is 7.66. The number of aromatic nitrogens is 3. The lowest BCUT2D eigenvalue weighted by atomic mass is 10.2. The number of hydrogen-bond donors (Lipinski definition) is 0. The fourth-order valence-corrected chi connectivity index (χ4v) is 2.71. The third kappa shape index (κ3) is 2.80. The Kier molecular flexibility index (Phi) is 3.27. The van der Waals surface area contributed by atoms with E-state index in [-0.39, 0.29) is 0 Å². The maximum absolute atomic E-state index is 5.92. The molecule has 3 heterocycles. The van der Waals surface area contributed by atoms with Crippen molar-refractivity contribution in [2.75, 3.05) is 13.2 Å². The molecule has 1 fully saturated rings. The normalized spacial score (nSPS) is 20.2. The van der Waals surface area contributed by atoms with Crippen LogP contribution in [0.15, 0.2) is 49.1 Å². The Balaban J connectivity index is 1.33. The van der Waals surface area contributed by atoms with E-state index >= 15 is 0 Å². The van der Waals surface area contributed by atoms with Crippen molar-refractivity contribution in [2.45, 2.75) is 12.6 Å². The van der Waals surface area contributed by atoms with Crippen molar-refractivity contribution in [3.8, 4) is 5.75 Å². The number of aryl methyl sites for hydroxylation is 1. The van der Waals surface area contributed by atoms with Crippen LogP contribution in [0.5, 0.6) is 5.75 Å². The molecule has 0 radical (unpaired) electrons. The lowest BCUT2D eigenvalue weighted by Gasteiger charge is -2.07. The summed E-state index contributed by atoms with van der Waals surface area (Å²) in [6, 6.07) is 8.67. The van der Waals surface area contributed by atoms with Crippen LogP contribution in [-0.2, 0) is 13.6 Å². The first-order valence-electron chi connectivity index (χ1n) is 7.46. The van der Waals surface area contributed by atoms with Crippen LogP contribution >= 0.6 is 0 Å². The van der Waals surface area contributed by atoms with Crippen molar-refractivity contribution in [3.05, 3.63) is 54.6 Å². The standard InChI is InChI=1S/C17H18N4O/c1-20-9-13(7-19-20)10-21-11-16(21)12-22-17-3-2-14-4-5-18-8-15(14)6-17/h2-9,16H,10-12H2,1H3. The monoisotopic (exact) mass is 294 g/mol. The highest BCUT2D eigenvalue weighted by atomic mass is 16.5. The zero-order chi connectivity index (χ0) is 14.9. The lowest BCUT2D eigenvalue weighted by molar-refractivity contribution is 0.293. The molecule has 0 bridgehead atoms. The summed E-state index contributed by atoms with van der Waals surface area (Å²) in [7, 11) is 1.95. The van der Waals surface area contributed by atoms with Crippen molar-refractivity contribution in [3.63, 3.8) is 0 Å². The van der Waals surface area contributed by atoms with Crippen LogP contribution in [0.3, 0.4) is 0 Å². The van der Waals surface area contributed by atoms with Crippen LogP contribution in [0.2, 0.25) is 0 Å². The van der Waals surface area contributed by atoms with Crippen LogP contribution in [0.1, 0.15) is 5.56 Å². The van der Waals surface area contributed by atoms with Crippen molar-refractivity contribution >= 4 is 10.8 Å². The second kappa shape index (κ2) is 5.42. The van der Waals surface area contributed by atoms with E-state index in [1.54, 1.807) is 0 Å². The molecular formula is C17H18N4O. The molecule has 2 aromatic heterocycles. The van der Waals surface area contributed by atoms with Gasteiger partial charge in [0.1, 0.15) is 12.4 Å². The van der Waals surface area contributed by atoms with Gasteiger partial charge in [0.2, 0.25) is 0 Å². The zero-order valence-electron chi connectivity index (χ0n) is 12.5. The van der Waals surface area contributed by atoms with Crippen LogP contribution in [0.4, 0.5) is 0 Å². The number of hydrogen-bond acceptors (Lipinski definition) is 4. The molecule has 5 heteroatoms. The van der Waals surface area contributed by atoms with Gasteiger partial charge in [0.15, 0.2) is 0 Å². The first kappa shape index (κ1) is 13.3. The van der Waals surface area contributed by atoms with E-state index in [9.17, 15) is 0 Å². The van der Waals surface area contributed by atoms with E-state index in [2.05, 4.69) is 33.3 Å². The van der Waals surface area contributed by atoms with E-state index in [1.165, 1.54) is 10.9 Å². The zero-order valence-corrected chi connectivity index (χ0v) is 12.5. The topological polar surface area (TPSA) is 43.0 Å². The van der Waals surface area contributed by atoms with Crippen LogP contribution in [0.25, 0.3) is 10.8 Å². The van der Waals surface area contributed by atoms with E-state index in [4.69, 9.17) is 4.74 Å². The van der Waals surface area contributed by atoms with E-state index in [0.717, 1.165) is 30.8 Å². The summed E-state index contributed by atoms with van der Waals surface area (Å²) in [5, 5.41) is 6.50. The van der Waals surface area contributed by atoms with Gasteiger partial charge < -0.3 is 4.74 Å². The Bertz CT molecular complexity index is 798. The van der Waals surface area contributed by atoms with Crippen molar-refractivity contribution in [1.82, 2.24) is 19.7 Å². The van der Waals surface area contributed by atoms with Crippen molar-refractivity contribution < 1.29 is 4.74 Å². The molecule has 1 aliphatic rings. The van der Waals surface area contributed by atoms with Crippen LogP contribution in [0, 0.1) is 0 Å². The highest BCUT2D eigenvalue weighted by Crippen LogP contribution is 2.24. The number of rotatable bonds is 5. The average molecular weight is 294 g/mol. The summed E-state index contributed by atoms with van der Waals surface area (Å²) < 4.78 is 7.76. The second-order valence-electron chi connectivity index (χ2n) is 5.80. The predicted octanol–water partition coefficient (Wildman–Crippen LogP) is 2.23. The van der Waals surface area contributed by atoms with Gasteiger partial charge in [-0.2, -0.15) is 5.10 Å². The smallest absolute Gasteiger partial charge is 0.120 e. The van der Waals surface area contributed by atoms with Gasteiger partial charge in [-0.25, -0.2) is 0 Å². The fourth-order valence-electron chi connectivity index (χ4n) is 2.71. The Morgan fingerprint density at radius 2 is 2.18 bits per heavy atom. The van der Waals surface area contributed by atoms with Crippen LogP contribution < -0.4 is 4.74 Å². The largest absolute Gasteiger partial charge is 0.492 e. The number of ether oxygens (including phenoxy) is 1. The SMILES string of the molecule is Cn1cc(CN2CC2COc2ccc3ccncc3c2)cn1. The summed E-state index contributed by atoms with van der Waals surface area (Å²) in [6.45, 7) is 2.76. The number of fused-ring (bicyclic) bond motifs is 1. The second-order valence-corrected chi connectivity index (χ2v) is 5.80. The molecule has 3 aromatic rings. The van der Waals surface area contributed by atoms with Gasteiger partial charge in [-0.05, 0) is 23.6 Å². The number of nitrogens with zero attached hydrogens (tertiary/aromatic N) is 4. The van der Waals surface area contributed by atoms with Crippen molar-refractivity contribution in [1.29, 1.82) is 0 Å². The summed E-state index contributed by atoms with van der Waals surface area (Å²) in [4.78, 5) is 6.54. The maximum atomic E-state index is 5.92. The number of benzene rings is 1. The molecule has 112 valence electrons. The molecule has 22 heavy (non-hydrogen) atoms. The fraction of sp³-hybridized carbons (Fsp3) is 0.294. The van der Waals surface area contributed by atoms with Gasteiger partial charge in [0.05, 0.1) is 12.2 Å². The summed E-state index contributed by atoms with van der Waals surface area (Å²) in [5.74, 6) is 0.911. The van der Waals surface area contributed by atoms with E-state index in [0.29, 0.717) is 6.04 Å². The molecule has 0 aliphatic carbocycles. The van der Waals surface area contributed by atoms with Gasteiger partial charge in [0, 0.05) is 49.7 Å². The molecular weight excluding hydrogens is 276 g/mol. The molecule has 5 nitrogen and oxygen atoms in total. The third-order valence-electron chi connectivity index (χ3n) is 4.03. The quantitative estimate of drug-likeness (QED) is 0.677. The Morgan fingerprint density at radius 3 is 3.05 bits per heavy atom. The molecule has 2 unspecified atom stereocenters. The third-order valence-corrected chi connectivity index (χ3v) is 4.03. The average Bonchev–Trinajstić information content (AvgIpc) is 3.15. The highest BCUT2D eigenvalue weighted by molar-refractivity contribution is 5.82. The minimum Gasteiger partial charge on any atom is -0.492 e. The van der Waals surface area contributed by atoms with Gasteiger partial charge in [-0.1, -0.05) is 6.07 Å². The highest BCUT2D eigenvalue weighted by Gasteiger charge is 2.34. The molecule has 1 aliphatic heterocycles. The van der Waals surface area contributed by atoms with Gasteiger partial charge in [-0.15, -0.1) is 0 Å². The lowest BCUT2D eigenvalue weighted by Crippen LogP contribution is -2.10. The summed E-state index contributed by atoms with van der Waals surface area (Å²) >= 11 is 0. The first-order chi connectivity index (χ1) is 10.8. The number of pyridine rings is 1. The summed E-state index contributed by atoms with van der Waals surface area (Å²) in [5.41, 5.74) is 1.25. The Labute approximate surface area is 129 Å². The maximum Gasteiger partial charge on any atom is 0.120 e. The van der Waals surface area contributed by atoms with Gasteiger partial charge in [0.25, 0.3) is 0 Å². The Hall–Kier alpha value is -2.40. The molecule has 0 N–H and O–H groups in total. The van der Waals surface area contributed by atoms with Gasteiger partial charge >= 0.3 is 0 Å². The van der Waals surface area contributed by atoms with E-state index in [1.807, 2.05) is 42.5 Å². The van der Waals surface area contributed by atoms with Gasteiger partial charge in [-0.3, -0.25) is 14.6 Å². The molecule has 1 saturated heterocycles. The van der Waals surface area contributed by atoms with E-state index < -0.39 is 0 Å². The molecule has 2 atom stereocenters. The minimum atomic E-state index is 0.504. The molecule has 1 aromatic carbocycles. The minimum absolute atomic E-state index is 0.504. The Morgan fingerprint density at radius 1 is 1.23 bits per heavy atom. The molecule has 0 saturated carbocycles. The van der Waals surface area contributed by atoms with Crippen LogP contribution in [-0.4, -0.2) is 38.9 Å². The predicted molar refractivity (Wildman–Crippen MR) is 84.6 cm³/mol. The molecule has 0 amide bonds. The first-order valence-corrected chi connectivity index (χ1v) is 7.46.